The molecule has 2 rings (SSSR count). The first kappa shape index (κ1) is 12.4. The van der Waals surface area contributed by atoms with Crippen molar-refractivity contribution in [1.82, 2.24) is 4.98 Å². The molecule has 0 spiro atoms. The van der Waals surface area contributed by atoms with Crippen LogP contribution in [0.15, 0.2) is 36.5 Å². The molecule has 3 heteroatoms. The van der Waals surface area contributed by atoms with Gasteiger partial charge in [-0.25, -0.2) is 4.98 Å². The standard InChI is InChI=1S/C15H19N3/c1-3-12-4-6-13(7-5-12)9-17-15-11(2)8-14(16)10-18-15/h4-8,10H,3,9,16H2,1-2H3,(H,17,18). The largest absolute Gasteiger partial charge is 0.397 e. The maximum Gasteiger partial charge on any atom is 0.129 e. The molecular formula is C15H19N3. The average molecular weight is 241 g/mol. The molecule has 0 saturated carbocycles. The van der Waals surface area contributed by atoms with Crippen LogP contribution in [0.5, 0.6) is 0 Å². The number of nitrogen functional groups attached to an aromatic ring is 1. The molecule has 94 valence electrons. The molecule has 1 aromatic heterocycles. The molecule has 0 amide bonds. The van der Waals surface area contributed by atoms with E-state index in [0.29, 0.717) is 5.69 Å². The van der Waals surface area contributed by atoms with Crippen LogP contribution in [-0.4, -0.2) is 4.98 Å². The van der Waals surface area contributed by atoms with Crippen LogP contribution in [0.2, 0.25) is 0 Å². The number of aryl methyl sites for hydroxylation is 2. The highest BCUT2D eigenvalue weighted by Crippen LogP contribution is 2.15. The minimum absolute atomic E-state index is 0.699. The zero-order valence-electron chi connectivity index (χ0n) is 10.9. The van der Waals surface area contributed by atoms with Crippen molar-refractivity contribution in [3.63, 3.8) is 0 Å². The predicted molar refractivity (Wildman–Crippen MR) is 76.5 cm³/mol. The van der Waals surface area contributed by atoms with E-state index in [1.165, 1.54) is 11.1 Å². The van der Waals surface area contributed by atoms with Gasteiger partial charge in [-0.3, -0.25) is 0 Å². The number of pyridine rings is 1. The lowest BCUT2D eigenvalue weighted by Gasteiger charge is -2.09. The second-order valence-corrected chi connectivity index (χ2v) is 4.46. The molecule has 1 aromatic carbocycles. The Bertz CT molecular complexity index is 518. The third kappa shape index (κ3) is 3.00. The van der Waals surface area contributed by atoms with Gasteiger partial charge < -0.3 is 11.1 Å². The number of nitrogens with zero attached hydrogens (tertiary/aromatic N) is 1. The summed E-state index contributed by atoms with van der Waals surface area (Å²) < 4.78 is 0. The van der Waals surface area contributed by atoms with E-state index in [4.69, 9.17) is 5.73 Å². The molecule has 0 aliphatic carbocycles. The Hall–Kier alpha value is -2.03. The molecule has 0 aliphatic heterocycles. The summed E-state index contributed by atoms with van der Waals surface area (Å²) >= 11 is 0. The van der Waals surface area contributed by atoms with Crippen molar-refractivity contribution < 1.29 is 0 Å². The Kier molecular flexibility index (Phi) is 3.82. The summed E-state index contributed by atoms with van der Waals surface area (Å²) in [5.41, 5.74) is 10.1. The van der Waals surface area contributed by atoms with Crippen LogP contribution >= 0.6 is 0 Å². The van der Waals surface area contributed by atoms with Gasteiger partial charge >= 0.3 is 0 Å². The zero-order valence-corrected chi connectivity index (χ0v) is 10.9. The smallest absolute Gasteiger partial charge is 0.129 e. The van der Waals surface area contributed by atoms with Crippen molar-refractivity contribution in [2.45, 2.75) is 26.8 Å². The van der Waals surface area contributed by atoms with Crippen molar-refractivity contribution in [2.24, 2.45) is 0 Å². The molecule has 0 atom stereocenters. The minimum Gasteiger partial charge on any atom is -0.397 e. The molecule has 0 unspecified atom stereocenters. The van der Waals surface area contributed by atoms with Gasteiger partial charge in [0.15, 0.2) is 0 Å². The summed E-state index contributed by atoms with van der Waals surface area (Å²) in [6.07, 6.45) is 2.75. The van der Waals surface area contributed by atoms with Gasteiger partial charge in [0.1, 0.15) is 5.82 Å². The van der Waals surface area contributed by atoms with Crippen LogP contribution in [0, 0.1) is 6.92 Å². The average Bonchev–Trinajstić information content (AvgIpc) is 2.38. The molecule has 2 aromatic rings. The number of hydrogen-bond acceptors (Lipinski definition) is 3. The van der Waals surface area contributed by atoms with E-state index < -0.39 is 0 Å². The highest BCUT2D eigenvalue weighted by Gasteiger charge is 2.00. The van der Waals surface area contributed by atoms with Crippen LogP contribution in [0.25, 0.3) is 0 Å². The van der Waals surface area contributed by atoms with Gasteiger partial charge in [-0.1, -0.05) is 31.2 Å². The van der Waals surface area contributed by atoms with E-state index in [9.17, 15) is 0 Å². The molecule has 0 radical (unpaired) electrons. The van der Waals surface area contributed by atoms with E-state index in [1.54, 1.807) is 6.20 Å². The lowest BCUT2D eigenvalue weighted by atomic mass is 10.1. The van der Waals surface area contributed by atoms with E-state index in [1.807, 2.05) is 13.0 Å². The van der Waals surface area contributed by atoms with Crippen molar-refractivity contribution in [3.8, 4) is 0 Å². The lowest BCUT2D eigenvalue weighted by Crippen LogP contribution is -2.03. The number of hydrogen-bond donors (Lipinski definition) is 2. The third-order valence-electron chi connectivity index (χ3n) is 2.99. The SMILES string of the molecule is CCc1ccc(CNc2ncc(N)cc2C)cc1. The molecule has 0 aliphatic rings. The molecule has 3 N–H and O–H groups in total. The molecule has 0 bridgehead atoms. The number of nitrogens with one attached hydrogen (secondary N) is 1. The minimum atomic E-state index is 0.699. The van der Waals surface area contributed by atoms with E-state index in [-0.39, 0.29) is 0 Å². The summed E-state index contributed by atoms with van der Waals surface area (Å²) in [5.74, 6) is 0.892. The molecule has 18 heavy (non-hydrogen) atoms. The van der Waals surface area contributed by atoms with Crippen LogP contribution in [0.3, 0.4) is 0 Å². The maximum absolute atomic E-state index is 5.68. The summed E-state index contributed by atoms with van der Waals surface area (Å²) in [6.45, 7) is 4.95. The van der Waals surface area contributed by atoms with Crippen LogP contribution < -0.4 is 11.1 Å². The van der Waals surface area contributed by atoms with Gasteiger partial charge in [0.25, 0.3) is 0 Å². The molecular weight excluding hydrogens is 222 g/mol. The number of rotatable bonds is 4. The zero-order chi connectivity index (χ0) is 13.0. The second-order valence-electron chi connectivity index (χ2n) is 4.46. The monoisotopic (exact) mass is 241 g/mol. The molecule has 3 nitrogen and oxygen atoms in total. The van der Waals surface area contributed by atoms with Gasteiger partial charge in [0.05, 0.1) is 11.9 Å². The van der Waals surface area contributed by atoms with Crippen LogP contribution in [0.1, 0.15) is 23.6 Å². The fraction of sp³-hybridized carbons (Fsp3) is 0.267. The third-order valence-corrected chi connectivity index (χ3v) is 2.99. The summed E-state index contributed by atoms with van der Waals surface area (Å²) in [6, 6.07) is 10.6. The van der Waals surface area contributed by atoms with Gasteiger partial charge in [-0.05, 0) is 36.1 Å². The summed E-state index contributed by atoms with van der Waals surface area (Å²) in [5, 5.41) is 3.33. The first-order valence-corrected chi connectivity index (χ1v) is 6.23. The fourth-order valence-electron chi connectivity index (χ4n) is 1.86. The first-order valence-electron chi connectivity index (χ1n) is 6.23. The highest BCUT2D eigenvalue weighted by atomic mass is 15.0. The normalized spacial score (nSPS) is 10.3. The Morgan fingerprint density at radius 3 is 2.44 bits per heavy atom. The van der Waals surface area contributed by atoms with Crippen molar-refractivity contribution in [3.05, 3.63) is 53.2 Å². The Morgan fingerprint density at radius 2 is 1.83 bits per heavy atom. The van der Waals surface area contributed by atoms with Crippen molar-refractivity contribution in [1.29, 1.82) is 0 Å². The molecule has 0 fully saturated rings. The maximum atomic E-state index is 5.68. The highest BCUT2D eigenvalue weighted by molar-refractivity contribution is 5.51. The van der Waals surface area contributed by atoms with Gasteiger partial charge in [-0.2, -0.15) is 0 Å². The van der Waals surface area contributed by atoms with Gasteiger partial charge in [-0.15, -0.1) is 0 Å². The summed E-state index contributed by atoms with van der Waals surface area (Å²) in [4.78, 5) is 4.29. The van der Waals surface area contributed by atoms with E-state index in [0.717, 1.165) is 24.3 Å². The first-order chi connectivity index (χ1) is 8.69. The van der Waals surface area contributed by atoms with Crippen molar-refractivity contribution >= 4 is 11.5 Å². The fourth-order valence-corrected chi connectivity index (χ4v) is 1.86. The van der Waals surface area contributed by atoms with E-state index in [2.05, 4.69) is 41.5 Å². The second kappa shape index (κ2) is 5.54. The Labute approximate surface area is 108 Å². The predicted octanol–water partition coefficient (Wildman–Crippen LogP) is 3.15. The Balaban J connectivity index is 2.02. The topological polar surface area (TPSA) is 50.9 Å². The molecule has 1 heterocycles. The molecule has 0 saturated heterocycles. The number of aromatic nitrogens is 1. The Morgan fingerprint density at radius 1 is 1.17 bits per heavy atom. The van der Waals surface area contributed by atoms with E-state index >= 15 is 0 Å². The number of nitrogens with two attached hydrogens (primary N) is 1. The lowest BCUT2D eigenvalue weighted by molar-refractivity contribution is 1.08. The van der Waals surface area contributed by atoms with Crippen LogP contribution in [0.4, 0.5) is 11.5 Å². The van der Waals surface area contributed by atoms with Gasteiger partial charge in [0.2, 0.25) is 0 Å². The number of benzene rings is 1. The van der Waals surface area contributed by atoms with Crippen molar-refractivity contribution in [2.75, 3.05) is 11.1 Å². The van der Waals surface area contributed by atoms with Gasteiger partial charge in [0, 0.05) is 6.54 Å². The van der Waals surface area contributed by atoms with Crippen LogP contribution in [-0.2, 0) is 13.0 Å². The number of anilines is 2. The quantitative estimate of drug-likeness (QED) is 0.864. The summed E-state index contributed by atoms with van der Waals surface area (Å²) in [7, 11) is 0.